The molecule has 2 aliphatic heterocycles. The van der Waals surface area contributed by atoms with Crippen molar-refractivity contribution in [3.8, 4) is 0 Å². The summed E-state index contributed by atoms with van der Waals surface area (Å²) in [6.07, 6.45) is 7.03. The second kappa shape index (κ2) is 7.88. The summed E-state index contributed by atoms with van der Waals surface area (Å²) in [4.78, 5) is 23.6. The molecule has 0 aromatic carbocycles. The van der Waals surface area contributed by atoms with Crippen LogP contribution in [0, 0.1) is 23.7 Å². The van der Waals surface area contributed by atoms with Crippen LogP contribution in [0.1, 0.15) is 53.9 Å². The van der Waals surface area contributed by atoms with E-state index >= 15 is 0 Å². The number of allylic oxidation sites excluding steroid dienone is 3. The molecule has 0 unspecified atom stereocenters. The van der Waals surface area contributed by atoms with Gasteiger partial charge >= 0.3 is 5.97 Å². The summed E-state index contributed by atoms with van der Waals surface area (Å²) in [5.41, 5.74) is 0.791. The predicted octanol–water partition coefficient (Wildman–Crippen LogP) is 3.82. The Morgan fingerprint density at radius 1 is 1.41 bits per heavy atom. The molecule has 2 saturated heterocycles. The van der Waals surface area contributed by atoms with Gasteiger partial charge in [0.2, 0.25) is 0 Å². The number of esters is 1. The SMILES string of the molecule is CCOC(=O)CC(=O)/C=C\[C@]1(C)O[C@@H]2O[C@@H]1C[C@H]1C(C)=CC[C@H](C(C)C)[C@@H]21. The van der Waals surface area contributed by atoms with E-state index in [1.54, 1.807) is 13.0 Å². The molecule has 0 amide bonds. The van der Waals surface area contributed by atoms with E-state index in [2.05, 4.69) is 26.8 Å². The number of hydrogen-bond donors (Lipinski definition) is 0. The lowest BCUT2D eigenvalue weighted by molar-refractivity contribution is -0.163. The Labute approximate surface area is 162 Å². The molecule has 0 radical (unpaired) electrons. The first kappa shape index (κ1) is 20.3. The van der Waals surface area contributed by atoms with Gasteiger partial charge in [-0.2, -0.15) is 0 Å². The van der Waals surface area contributed by atoms with Gasteiger partial charge in [0.05, 0.1) is 12.7 Å². The van der Waals surface area contributed by atoms with Crippen molar-refractivity contribution in [3.05, 3.63) is 23.8 Å². The minimum absolute atomic E-state index is 0.0790. The molecule has 0 aromatic rings. The smallest absolute Gasteiger partial charge is 0.313 e. The highest BCUT2D eigenvalue weighted by atomic mass is 16.7. The number of fused-ring (bicyclic) bond motifs is 4. The number of ether oxygens (including phenoxy) is 3. The molecule has 0 N–H and O–H groups in total. The average Bonchev–Trinajstić information content (AvgIpc) is 2.86. The van der Waals surface area contributed by atoms with Gasteiger partial charge in [0, 0.05) is 5.92 Å². The zero-order valence-corrected chi connectivity index (χ0v) is 17.1. The van der Waals surface area contributed by atoms with Gasteiger partial charge in [0.25, 0.3) is 0 Å². The van der Waals surface area contributed by atoms with E-state index in [1.807, 2.05) is 6.92 Å². The van der Waals surface area contributed by atoms with Crippen LogP contribution in [0.5, 0.6) is 0 Å². The second-order valence-electron chi connectivity index (χ2n) is 8.59. The molecular weight excluding hydrogens is 344 g/mol. The van der Waals surface area contributed by atoms with Gasteiger partial charge in [0.15, 0.2) is 12.1 Å². The molecule has 5 heteroatoms. The van der Waals surface area contributed by atoms with Crippen LogP contribution in [0.3, 0.4) is 0 Å². The lowest BCUT2D eigenvalue weighted by Crippen LogP contribution is -2.44. The average molecular weight is 376 g/mol. The molecule has 27 heavy (non-hydrogen) atoms. The maximum Gasteiger partial charge on any atom is 0.313 e. The number of hydrogen-bond acceptors (Lipinski definition) is 5. The van der Waals surface area contributed by atoms with Gasteiger partial charge < -0.3 is 14.2 Å². The molecule has 2 fully saturated rings. The van der Waals surface area contributed by atoms with Crippen LogP contribution in [-0.2, 0) is 23.8 Å². The lowest BCUT2D eigenvalue weighted by Gasteiger charge is -2.44. The fourth-order valence-electron chi connectivity index (χ4n) is 4.84. The summed E-state index contributed by atoms with van der Waals surface area (Å²) in [6, 6.07) is 0. The summed E-state index contributed by atoms with van der Waals surface area (Å²) < 4.78 is 17.5. The predicted molar refractivity (Wildman–Crippen MR) is 102 cm³/mol. The van der Waals surface area contributed by atoms with Crippen molar-refractivity contribution in [2.75, 3.05) is 6.61 Å². The van der Waals surface area contributed by atoms with Crippen LogP contribution in [0.25, 0.3) is 0 Å². The van der Waals surface area contributed by atoms with Crippen molar-refractivity contribution in [2.24, 2.45) is 23.7 Å². The highest BCUT2D eigenvalue weighted by Gasteiger charge is 2.56. The highest BCUT2D eigenvalue weighted by Crippen LogP contribution is 2.53. The lowest BCUT2D eigenvalue weighted by atomic mass is 9.65. The van der Waals surface area contributed by atoms with Gasteiger partial charge in [-0.05, 0) is 63.5 Å². The van der Waals surface area contributed by atoms with Crippen molar-refractivity contribution < 1.29 is 23.8 Å². The van der Waals surface area contributed by atoms with Gasteiger partial charge in [-0.3, -0.25) is 9.59 Å². The Kier molecular flexibility index (Phi) is 5.92. The van der Waals surface area contributed by atoms with E-state index in [1.165, 1.54) is 11.6 Å². The van der Waals surface area contributed by atoms with Crippen molar-refractivity contribution in [1.29, 1.82) is 0 Å². The number of rotatable bonds is 6. The zero-order valence-electron chi connectivity index (χ0n) is 17.1. The summed E-state index contributed by atoms with van der Waals surface area (Å²) in [5.74, 6) is 1.18. The first-order valence-electron chi connectivity index (χ1n) is 10.1. The van der Waals surface area contributed by atoms with Crippen LogP contribution in [0.4, 0.5) is 0 Å². The van der Waals surface area contributed by atoms with Crippen molar-refractivity contribution in [1.82, 2.24) is 0 Å². The largest absolute Gasteiger partial charge is 0.466 e. The minimum atomic E-state index is -0.645. The Bertz CT molecular complexity index is 649. The van der Waals surface area contributed by atoms with Crippen molar-refractivity contribution in [2.45, 2.75) is 71.9 Å². The van der Waals surface area contributed by atoms with E-state index in [9.17, 15) is 9.59 Å². The van der Waals surface area contributed by atoms with E-state index in [4.69, 9.17) is 14.2 Å². The van der Waals surface area contributed by atoms with Crippen molar-refractivity contribution >= 4 is 11.8 Å². The Morgan fingerprint density at radius 2 is 2.15 bits per heavy atom. The van der Waals surface area contributed by atoms with E-state index in [0.29, 0.717) is 23.7 Å². The molecule has 0 saturated carbocycles. The molecule has 1 aliphatic carbocycles. The molecule has 150 valence electrons. The monoisotopic (exact) mass is 376 g/mol. The summed E-state index contributed by atoms with van der Waals surface area (Å²) >= 11 is 0. The minimum Gasteiger partial charge on any atom is -0.466 e. The van der Waals surface area contributed by atoms with Gasteiger partial charge in [-0.25, -0.2) is 0 Å². The number of ketones is 1. The maximum atomic E-state index is 12.1. The molecule has 3 rings (SSSR count). The zero-order chi connectivity index (χ0) is 19.8. The first-order valence-corrected chi connectivity index (χ1v) is 10.1. The van der Waals surface area contributed by atoms with Crippen LogP contribution in [-0.4, -0.2) is 36.4 Å². The normalized spacial score (nSPS) is 38.0. The highest BCUT2D eigenvalue weighted by molar-refractivity contribution is 6.01. The molecule has 3 aliphatic rings. The summed E-state index contributed by atoms with van der Waals surface area (Å²) in [5, 5.41) is 0. The topological polar surface area (TPSA) is 61.8 Å². The standard InChI is InChI=1S/C22H32O5/c1-6-25-19(24)11-15(23)9-10-22(5)18-12-17-14(4)7-8-16(13(2)3)20(17)21(26-18)27-22/h7,9-10,13,16-18,20-21H,6,8,11-12H2,1-5H3/b10-9-/t16-,17+,18-,20-,21+,22+/m1/s1. The molecule has 6 atom stereocenters. The fourth-order valence-corrected chi connectivity index (χ4v) is 4.84. The third kappa shape index (κ3) is 4.04. The summed E-state index contributed by atoms with van der Waals surface area (Å²) in [7, 11) is 0. The van der Waals surface area contributed by atoms with Crippen LogP contribution >= 0.6 is 0 Å². The van der Waals surface area contributed by atoms with Gasteiger partial charge in [0.1, 0.15) is 12.0 Å². The third-order valence-electron chi connectivity index (χ3n) is 6.43. The quantitative estimate of drug-likeness (QED) is 0.305. The number of carbonyl (C=O) groups excluding carboxylic acids is 2. The second-order valence-corrected chi connectivity index (χ2v) is 8.59. The van der Waals surface area contributed by atoms with Crippen LogP contribution in [0.15, 0.2) is 23.8 Å². The molecular formula is C22H32O5. The number of carbonyl (C=O) groups is 2. The maximum absolute atomic E-state index is 12.1. The van der Waals surface area contributed by atoms with E-state index in [-0.39, 0.29) is 31.2 Å². The molecule has 5 nitrogen and oxygen atoms in total. The van der Waals surface area contributed by atoms with Gasteiger partial charge in [-0.1, -0.05) is 25.5 Å². The van der Waals surface area contributed by atoms with E-state index < -0.39 is 11.6 Å². The Balaban J connectivity index is 1.73. The third-order valence-corrected chi connectivity index (χ3v) is 6.43. The molecule has 0 aromatic heterocycles. The van der Waals surface area contributed by atoms with E-state index in [0.717, 1.165) is 12.8 Å². The Hall–Kier alpha value is -1.46. The molecule has 0 spiro atoms. The summed E-state index contributed by atoms with van der Waals surface area (Å²) in [6.45, 7) is 10.7. The molecule has 2 bridgehead atoms. The Morgan fingerprint density at radius 3 is 2.81 bits per heavy atom. The molecule has 2 heterocycles. The van der Waals surface area contributed by atoms with Crippen LogP contribution < -0.4 is 0 Å². The van der Waals surface area contributed by atoms with Crippen LogP contribution in [0.2, 0.25) is 0 Å². The van der Waals surface area contributed by atoms with Gasteiger partial charge in [-0.15, -0.1) is 0 Å². The van der Waals surface area contributed by atoms with Crippen molar-refractivity contribution in [3.63, 3.8) is 0 Å². The fraction of sp³-hybridized carbons (Fsp3) is 0.727. The first-order chi connectivity index (χ1) is 12.7.